The molecule has 1 aliphatic heterocycles. The molecule has 0 saturated carbocycles. The molecule has 2 rings (SSSR count). The van der Waals surface area contributed by atoms with Crippen LogP contribution < -0.4 is 11.1 Å². The highest BCUT2D eigenvalue weighted by atomic mass is 79.9. The first-order valence-electron chi connectivity index (χ1n) is 7.53. The predicted molar refractivity (Wildman–Crippen MR) is 88.0 cm³/mol. The maximum Gasteiger partial charge on any atom is 0.436 e. The SMILES string of the molecule is CC(C)(CNC(=O)c1nc(Br)c(C(F)(F)F)nc1N)N1CCOCC1. The molecule has 1 saturated heterocycles. The quantitative estimate of drug-likeness (QED) is 0.761. The molecular formula is C14H19BrF3N5O2. The smallest absolute Gasteiger partial charge is 0.382 e. The molecule has 140 valence electrons. The Morgan fingerprint density at radius 1 is 1.32 bits per heavy atom. The van der Waals surface area contributed by atoms with Crippen LogP contribution in [0.5, 0.6) is 0 Å². The van der Waals surface area contributed by atoms with Crippen molar-refractivity contribution in [3.05, 3.63) is 16.0 Å². The number of nitrogen functional groups attached to an aromatic ring is 1. The van der Waals surface area contributed by atoms with Crippen LogP contribution in [0.1, 0.15) is 30.0 Å². The van der Waals surface area contributed by atoms with Crippen LogP contribution in [0.25, 0.3) is 0 Å². The summed E-state index contributed by atoms with van der Waals surface area (Å²) < 4.78 is 43.0. The normalized spacial score (nSPS) is 16.7. The Hall–Kier alpha value is -1.46. The van der Waals surface area contributed by atoms with Gasteiger partial charge in [0.15, 0.2) is 17.2 Å². The maximum absolute atomic E-state index is 12.8. The van der Waals surface area contributed by atoms with E-state index in [4.69, 9.17) is 10.5 Å². The van der Waals surface area contributed by atoms with Crippen LogP contribution in [0.3, 0.4) is 0 Å². The molecule has 0 bridgehead atoms. The lowest BCUT2D eigenvalue weighted by Gasteiger charge is -2.40. The molecule has 7 nitrogen and oxygen atoms in total. The van der Waals surface area contributed by atoms with Gasteiger partial charge in [-0.3, -0.25) is 9.69 Å². The van der Waals surface area contributed by atoms with Gasteiger partial charge in [-0.05, 0) is 29.8 Å². The number of rotatable bonds is 4. The number of hydrogen-bond donors (Lipinski definition) is 2. The van der Waals surface area contributed by atoms with Gasteiger partial charge in [-0.1, -0.05) is 0 Å². The summed E-state index contributed by atoms with van der Waals surface area (Å²) in [5.74, 6) is -1.25. The number of hydrogen-bond acceptors (Lipinski definition) is 6. The molecule has 11 heteroatoms. The molecule has 0 atom stereocenters. The summed E-state index contributed by atoms with van der Waals surface area (Å²) in [6, 6.07) is 0. The van der Waals surface area contributed by atoms with Gasteiger partial charge in [0, 0.05) is 25.2 Å². The number of morpholine rings is 1. The van der Waals surface area contributed by atoms with Crippen LogP contribution in [0.4, 0.5) is 19.0 Å². The van der Waals surface area contributed by atoms with E-state index in [-0.39, 0.29) is 17.8 Å². The van der Waals surface area contributed by atoms with E-state index in [1.54, 1.807) is 0 Å². The van der Waals surface area contributed by atoms with E-state index in [0.717, 1.165) is 13.1 Å². The Kier molecular flexibility index (Phi) is 5.89. The van der Waals surface area contributed by atoms with Crippen LogP contribution in [0, 0.1) is 0 Å². The summed E-state index contributed by atoms with van der Waals surface area (Å²) in [7, 11) is 0. The second-order valence-corrected chi connectivity index (χ2v) is 6.94. The number of nitrogens with two attached hydrogens (primary N) is 1. The fourth-order valence-electron chi connectivity index (χ4n) is 2.44. The zero-order valence-electron chi connectivity index (χ0n) is 13.8. The van der Waals surface area contributed by atoms with Crippen LogP contribution >= 0.6 is 15.9 Å². The van der Waals surface area contributed by atoms with Crippen LogP contribution in [0.15, 0.2) is 4.60 Å². The number of carbonyl (C=O) groups excluding carboxylic acids is 1. The lowest BCUT2D eigenvalue weighted by molar-refractivity contribution is -0.142. The maximum atomic E-state index is 12.8. The third kappa shape index (κ3) is 4.79. The first-order chi connectivity index (χ1) is 11.5. The second-order valence-electron chi connectivity index (χ2n) is 6.19. The molecule has 0 aliphatic carbocycles. The highest BCUT2D eigenvalue weighted by Gasteiger charge is 2.37. The van der Waals surface area contributed by atoms with Gasteiger partial charge in [0.1, 0.15) is 4.60 Å². The van der Waals surface area contributed by atoms with E-state index >= 15 is 0 Å². The van der Waals surface area contributed by atoms with E-state index < -0.39 is 28.2 Å². The number of ether oxygens (including phenoxy) is 1. The van der Waals surface area contributed by atoms with Crippen molar-refractivity contribution in [3.63, 3.8) is 0 Å². The molecule has 0 unspecified atom stereocenters. The zero-order chi connectivity index (χ0) is 18.8. The molecule has 1 aromatic rings. The van der Waals surface area contributed by atoms with Crippen LogP contribution in [-0.2, 0) is 10.9 Å². The molecule has 1 aromatic heterocycles. The number of carbonyl (C=O) groups is 1. The lowest BCUT2D eigenvalue weighted by Crippen LogP contribution is -2.55. The Morgan fingerprint density at radius 3 is 2.48 bits per heavy atom. The van der Waals surface area contributed by atoms with E-state index in [9.17, 15) is 18.0 Å². The number of alkyl halides is 3. The Morgan fingerprint density at radius 2 is 1.92 bits per heavy atom. The molecule has 0 radical (unpaired) electrons. The van der Waals surface area contributed by atoms with Crippen molar-refractivity contribution in [2.24, 2.45) is 0 Å². The first-order valence-corrected chi connectivity index (χ1v) is 8.33. The van der Waals surface area contributed by atoms with Gasteiger partial charge in [-0.15, -0.1) is 0 Å². The molecule has 1 fully saturated rings. The number of halogens is 4. The van der Waals surface area contributed by atoms with Crippen molar-refractivity contribution in [3.8, 4) is 0 Å². The minimum atomic E-state index is -4.71. The predicted octanol–water partition coefficient (Wildman–Crippen LogP) is 1.68. The summed E-state index contributed by atoms with van der Waals surface area (Å²) >= 11 is 2.69. The molecule has 0 aromatic carbocycles. The summed E-state index contributed by atoms with van der Waals surface area (Å²) in [6.45, 7) is 6.87. The molecule has 1 amide bonds. The standard InChI is InChI=1S/C14H19BrF3N5O2/c1-13(2,23-3-5-25-6-4-23)7-20-12(24)8-11(19)22-9(10(15)21-8)14(16,17)18/h3-7H2,1-2H3,(H2,19,22)(H,20,24). The van der Waals surface area contributed by atoms with Gasteiger partial charge < -0.3 is 15.8 Å². The third-order valence-corrected chi connectivity index (χ3v) is 4.47. The summed E-state index contributed by atoms with van der Waals surface area (Å²) in [5.41, 5.74) is 3.51. The Balaban J connectivity index is 2.09. The monoisotopic (exact) mass is 425 g/mol. The van der Waals surface area contributed by atoms with Crippen LogP contribution in [0.2, 0.25) is 0 Å². The van der Waals surface area contributed by atoms with E-state index in [2.05, 4.69) is 36.1 Å². The van der Waals surface area contributed by atoms with Gasteiger partial charge in [-0.2, -0.15) is 13.2 Å². The van der Waals surface area contributed by atoms with Crippen molar-refractivity contribution in [1.82, 2.24) is 20.2 Å². The topological polar surface area (TPSA) is 93.4 Å². The molecule has 2 heterocycles. The molecule has 3 N–H and O–H groups in total. The molecule has 25 heavy (non-hydrogen) atoms. The van der Waals surface area contributed by atoms with Crippen molar-refractivity contribution < 1.29 is 22.7 Å². The summed E-state index contributed by atoms with van der Waals surface area (Å²) in [5, 5.41) is 2.66. The minimum absolute atomic E-state index is 0.269. The number of nitrogens with zero attached hydrogens (tertiary/aromatic N) is 3. The lowest BCUT2D eigenvalue weighted by atomic mass is 10.0. The fraction of sp³-hybridized carbons (Fsp3) is 0.643. The minimum Gasteiger partial charge on any atom is -0.382 e. The van der Waals surface area contributed by atoms with Gasteiger partial charge in [0.05, 0.1) is 13.2 Å². The highest BCUT2D eigenvalue weighted by Crippen LogP contribution is 2.33. The highest BCUT2D eigenvalue weighted by molar-refractivity contribution is 9.10. The molecule has 0 spiro atoms. The Labute approximate surface area is 151 Å². The van der Waals surface area contributed by atoms with Gasteiger partial charge >= 0.3 is 6.18 Å². The third-order valence-electron chi connectivity index (χ3n) is 3.91. The average Bonchev–Trinajstić information content (AvgIpc) is 2.54. The number of nitrogens with one attached hydrogen (secondary N) is 1. The van der Waals surface area contributed by atoms with E-state index in [0.29, 0.717) is 13.2 Å². The van der Waals surface area contributed by atoms with Gasteiger partial charge in [0.2, 0.25) is 0 Å². The first kappa shape index (κ1) is 19.9. The van der Waals surface area contributed by atoms with Crippen molar-refractivity contribution in [2.45, 2.75) is 25.6 Å². The summed E-state index contributed by atoms with van der Waals surface area (Å²) in [4.78, 5) is 21.3. The van der Waals surface area contributed by atoms with Gasteiger partial charge in [0.25, 0.3) is 5.91 Å². The van der Waals surface area contributed by atoms with Crippen molar-refractivity contribution >= 4 is 27.7 Å². The van der Waals surface area contributed by atoms with Gasteiger partial charge in [-0.25, -0.2) is 9.97 Å². The molecular weight excluding hydrogens is 407 g/mol. The van der Waals surface area contributed by atoms with Crippen molar-refractivity contribution in [2.75, 3.05) is 38.6 Å². The fourth-order valence-corrected chi connectivity index (χ4v) is 2.93. The number of amides is 1. The summed E-state index contributed by atoms with van der Waals surface area (Å²) in [6.07, 6.45) is -4.71. The Bertz CT molecular complexity index is 648. The second kappa shape index (κ2) is 7.42. The number of anilines is 1. The van der Waals surface area contributed by atoms with Crippen LogP contribution in [-0.4, -0.2) is 59.2 Å². The van der Waals surface area contributed by atoms with E-state index in [1.807, 2.05) is 13.8 Å². The molecule has 1 aliphatic rings. The van der Waals surface area contributed by atoms with Crippen molar-refractivity contribution in [1.29, 1.82) is 0 Å². The zero-order valence-corrected chi connectivity index (χ0v) is 15.4. The number of aromatic nitrogens is 2. The average molecular weight is 426 g/mol. The van der Waals surface area contributed by atoms with E-state index in [1.165, 1.54) is 0 Å². The largest absolute Gasteiger partial charge is 0.436 e.